The van der Waals surface area contributed by atoms with Crippen molar-refractivity contribution < 1.29 is 9.59 Å². The molecule has 1 aromatic rings. The molecule has 2 rings (SSSR count). The van der Waals surface area contributed by atoms with Gasteiger partial charge in [0.05, 0.1) is 6.54 Å². The molecule has 0 saturated carbocycles. The van der Waals surface area contributed by atoms with Gasteiger partial charge in [0.2, 0.25) is 11.8 Å². The van der Waals surface area contributed by atoms with E-state index in [-0.39, 0.29) is 18.4 Å². The molecule has 1 fully saturated rings. The van der Waals surface area contributed by atoms with Crippen LogP contribution in [-0.4, -0.2) is 49.4 Å². The third kappa shape index (κ3) is 5.87. The highest BCUT2D eigenvalue weighted by Crippen LogP contribution is 2.13. The van der Waals surface area contributed by atoms with Crippen LogP contribution in [0.3, 0.4) is 0 Å². The summed E-state index contributed by atoms with van der Waals surface area (Å²) in [5.41, 5.74) is 1.21. The first-order valence-electron chi connectivity index (χ1n) is 9.05. The summed E-state index contributed by atoms with van der Waals surface area (Å²) in [5, 5.41) is 2.94. The van der Waals surface area contributed by atoms with Gasteiger partial charge in [0, 0.05) is 38.3 Å². The molecule has 2 amide bonds. The third-order valence-corrected chi connectivity index (χ3v) is 4.44. The molecule has 5 heteroatoms. The predicted molar refractivity (Wildman–Crippen MR) is 97.0 cm³/mol. The quantitative estimate of drug-likeness (QED) is 0.744. The average Bonchev–Trinajstić information content (AvgIpc) is 2.80. The number of anilines is 1. The fourth-order valence-electron chi connectivity index (χ4n) is 3.04. The first kappa shape index (κ1) is 18.3. The first-order chi connectivity index (χ1) is 11.7. The van der Waals surface area contributed by atoms with Crippen molar-refractivity contribution in [3.8, 4) is 0 Å². The van der Waals surface area contributed by atoms with Crippen molar-refractivity contribution in [2.45, 2.75) is 39.0 Å². The Morgan fingerprint density at radius 3 is 2.75 bits per heavy atom. The maximum atomic E-state index is 12.0. The Hall–Kier alpha value is -2.04. The molecule has 0 radical (unpaired) electrons. The lowest BCUT2D eigenvalue weighted by molar-refractivity contribution is -0.135. The molecule has 1 heterocycles. The first-order valence-corrected chi connectivity index (χ1v) is 9.05. The van der Waals surface area contributed by atoms with E-state index in [9.17, 15) is 9.59 Å². The van der Waals surface area contributed by atoms with E-state index in [0.29, 0.717) is 19.5 Å². The number of likely N-dealkylation sites (tertiary alicyclic amines) is 1. The zero-order valence-corrected chi connectivity index (χ0v) is 14.7. The topological polar surface area (TPSA) is 52.7 Å². The van der Waals surface area contributed by atoms with Crippen LogP contribution in [-0.2, 0) is 9.59 Å². The second-order valence-electron chi connectivity index (χ2n) is 6.24. The molecule has 1 aliphatic heterocycles. The molecule has 5 nitrogen and oxygen atoms in total. The van der Waals surface area contributed by atoms with Gasteiger partial charge in [-0.25, -0.2) is 0 Å². The second-order valence-corrected chi connectivity index (χ2v) is 6.24. The molecular weight excluding hydrogens is 302 g/mol. The zero-order chi connectivity index (χ0) is 17.2. The van der Waals surface area contributed by atoms with E-state index in [4.69, 9.17) is 0 Å². The van der Waals surface area contributed by atoms with Gasteiger partial charge in [0.25, 0.3) is 0 Å². The molecule has 0 atom stereocenters. The van der Waals surface area contributed by atoms with Gasteiger partial charge in [-0.05, 0) is 38.3 Å². The van der Waals surface area contributed by atoms with Crippen LogP contribution in [0.2, 0.25) is 0 Å². The molecule has 1 N–H and O–H groups in total. The molecule has 0 spiro atoms. The molecule has 0 aromatic heterocycles. The molecule has 24 heavy (non-hydrogen) atoms. The molecule has 1 aliphatic rings. The fraction of sp³-hybridized carbons (Fsp3) is 0.579. The Kier molecular flexibility index (Phi) is 7.59. The third-order valence-electron chi connectivity index (χ3n) is 4.44. The lowest BCUT2D eigenvalue weighted by atomic mass is 10.2. The highest BCUT2D eigenvalue weighted by Gasteiger charge is 2.18. The maximum absolute atomic E-state index is 12.0. The minimum Gasteiger partial charge on any atom is -0.372 e. The van der Waals surface area contributed by atoms with E-state index >= 15 is 0 Å². The van der Waals surface area contributed by atoms with E-state index in [2.05, 4.69) is 29.3 Å². The highest BCUT2D eigenvalue weighted by molar-refractivity contribution is 5.84. The van der Waals surface area contributed by atoms with Crippen molar-refractivity contribution >= 4 is 17.5 Å². The van der Waals surface area contributed by atoms with Crippen molar-refractivity contribution in [2.75, 3.05) is 37.6 Å². The van der Waals surface area contributed by atoms with Gasteiger partial charge in [-0.15, -0.1) is 0 Å². The molecule has 0 aliphatic carbocycles. The SMILES string of the molecule is CCN(CCCNC(=O)CN1CCCCCC1=O)c1ccccc1. The summed E-state index contributed by atoms with van der Waals surface area (Å²) in [6, 6.07) is 10.3. The fourth-order valence-corrected chi connectivity index (χ4v) is 3.04. The minimum atomic E-state index is -0.0481. The lowest BCUT2D eigenvalue weighted by Crippen LogP contribution is -2.41. The summed E-state index contributed by atoms with van der Waals surface area (Å²) in [4.78, 5) is 27.9. The van der Waals surface area contributed by atoms with Crippen LogP contribution in [0.25, 0.3) is 0 Å². The second kappa shape index (κ2) is 9.96. The average molecular weight is 331 g/mol. The summed E-state index contributed by atoms with van der Waals surface area (Å²) in [7, 11) is 0. The summed E-state index contributed by atoms with van der Waals surface area (Å²) < 4.78 is 0. The molecule has 0 unspecified atom stereocenters. The normalized spacial score (nSPS) is 15.0. The van der Waals surface area contributed by atoms with Crippen molar-refractivity contribution in [2.24, 2.45) is 0 Å². The number of hydrogen-bond donors (Lipinski definition) is 1. The van der Waals surface area contributed by atoms with Crippen LogP contribution >= 0.6 is 0 Å². The highest BCUT2D eigenvalue weighted by atomic mass is 16.2. The van der Waals surface area contributed by atoms with Crippen molar-refractivity contribution in [3.63, 3.8) is 0 Å². The zero-order valence-electron chi connectivity index (χ0n) is 14.7. The van der Waals surface area contributed by atoms with Crippen LogP contribution in [0.4, 0.5) is 5.69 Å². The molecule has 0 bridgehead atoms. The maximum Gasteiger partial charge on any atom is 0.239 e. The summed E-state index contributed by atoms with van der Waals surface area (Å²) in [6.07, 6.45) is 4.50. The van der Waals surface area contributed by atoms with E-state index < -0.39 is 0 Å². The number of nitrogens with zero attached hydrogens (tertiary/aromatic N) is 2. The van der Waals surface area contributed by atoms with Crippen molar-refractivity contribution in [1.29, 1.82) is 0 Å². The van der Waals surface area contributed by atoms with Crippen LogP contribution in [0, 0.1) is 0 Å². The number of amides is 2. The van der Waals surface area contributed by atoms with Crippen molar-refractivity contribution in [1.82, 2.24) is 10.2 Å². The number of hydrogen-bond acceptors (Lipinski definition) is 3. The summed E-state index contributed by atoms with van der Waals surface area (Å²) in [5.74, 6) is 0.0666. The summed E-state index contributed by atoms with van der Waals surface area (Å²) >= 11 is 0. The van der Waals surface area contributed by atoms with Crippen LogP contribution in [0.15, 0.2) is 30.3 Å². The van der Waals surface area contributed by atoms with E-state index in [1.807, 2.05) is 18.2 Å². The molecular formula is C19H29N3O2. The number of nitrogens with one attached hydrogen (secondary N) is 1. The van der Waals surface area contributed by atoms with Crippen LogP contribution < -0.4 is 10.2 Å². The molecule has 1 saturated heterocycles. The molecule has 132 valence electrons. The predicted octanol–water partition coefficient (Wildman–Crippen LogP) is 2.42. The number of rotatable bonds is 8. The van der Waals surface area contributed by atoms with Gasteiger partial charge in [-0.1, -0.05) is 24.6 Å². The number of benzene rings is 1. The Balaban J connectivity index is 1.67. The van der Waals surface area contributed by atoms with Gasteiger partial charge in [0.1, 0.15) is 0 Å². The Morgan fingerprint density at radius 1 is 1.21 bits per heavy atom. The summed E-state index contributed by atoms with van der Waals surface area (Å²) in [6.45, 7) is 5.54. The number of para-hydroxylation sites is 1. The largest absolute Gasteiger partial charge is 0.372 e. The van der Waals surface area contributed by atoms with E-state index in [1.54, 1.807) is 4.90 Å². The van der Waals surface area contributed by atoms with Gasteiger partial charge in [-0.3, -0.25) is 9.59 Å². The van der Waals surface area contributed by atoms with Gasteiger partial charge >= 0.3 is 0 Å². The Bertz CT molecular complexity index is 519. The van der Waals surface area contributed by atoms with Gasteiger partial charge in [-0.2, -0.15) is 0 Å². The lowest BCUT2D eigenvalue weighted by Gasteiger charge is -2.23. The Labute approximate surface area is 145 Å². The standard InChI is InChI=1S/C19H29N3O2/c1-2-21(17-10-5-3-6-11-17)15-9-13-20-18(23)16-22-14-8-4-7-12-19(22)24/h3,5-6,10-11H,2,4,7-9,12-16H2,1H3,(H,20,23). The van der Waals surface area contributed by atoms with Crippen molar-refractivity contribution in [3.05, 3.63) is 30.3 Å². The minimum absolute atomic E-state index is 0.0481. The number of carbonyl (C=O) groups excluding carboxylic acids is 2. The monoisotopic (exact) mass is 331 g/mol. The number of carbonyl (C=O) groups is 2. The van der Waals surface area contributed by atoms with E-state index in [1.165, 1.54) is 5.69 Å². The molecule has 1 aromatic carbocycles. The van der Waals surface area contributed by atoms with E-state index in [0.717, 1.165) is 38.8 Å². The smallest absolute Gasteiger partial charge is 0.239 e. The van der Waals surface area contributed by atoms with Crippen LogP contribution in [0.5, 0.6) is 0 Å². The van der Waals surface area contributed by atoms with Crippen LogP contribution in [0.1, 0.15) is 39.0 Å². The van der Waals surface area contributed by atoms with Gasteiger partial charge < -0.3 is 15.1 Å². The van der Waals surface area contributed by atoms with Gasteiger partial charge in [0.15, 0.2) is 0 Å². The Morgan fingerprint density at radius 2 is 2.00 bits per heavy atom.